The molecule has 0 radical (unpaired) electrons. The fourth-order valence-corrected chi connectivity index (χ4v) is 3.49. The number of hydrogen-bond donors (Lipinski definition) is 0. The third kappa shape index (κ3) is 4.14. The van der Waals surface area contributed by atoms with E-state index in [1.54, 1.807) is 25.1 Å². The van der Waals surface area contributed by atoms with E-state index in [9.17, 15) is 9.59 Å². The third-order valence-corrected chi connectivity index (χ3v) is 4.95. The molecule has 2 atom stereocenters. The van der Waals surface area contributed by atoms with E-state index in [0.29, 0.717) is 29.0 Å². The van der Waals surface area contributed by atoms with E-state index in [4.69, 9.17) is 26.3 Å². The van der Waals surface area contributed by atoms with Gasteiger partial charge in [0.25, 0.3) is 0 Å². The molecule has 138 valence electrons. The summed E-state index contributed by atoms with van der Waals surface area (Å²) in [5, 5.41) is 9.40. The van der Waals surface area contributed by atoms with Gasteiger partial charge in [-0.05, 0) is 48.8 Å². The second-order valence-corrected chi connectivity index (χ2v) is 7.35. The van der Waals surface area contributed by atoms with Gasteiger partial charge in [0, 0.05) is 24.8 Å². The van der Waals surface area contributed by atoms with Crippen LogP contribution in [-0.4, -0.2) is 24.1 Å². The Morgan fingerprint density at radius 2 is 2.30 bits per heavy atom. The van der Waals surface area contributed by atoms with Crippen molar-refractivity contribution in [1.82, 2.24) is 0 Å². The van der Waals surface area contributed by atoms with Gasteiger partial charge in [0.1, 0.15) is 18.3 Å². The molecule has 1 aromatic carbocycles. The van der Waals surface area contributed by atoms with E-state index in [0.717, 1.165) is 11.1 Å². The van der Waals surface area contributed by atoms with Crippen LogP contribution in [0, 0.1) is 11.3 Å². The predicted octanol–water partition coefficient (Wildman–Crippen LogP) is 3.98. The van der Waals surface area contributed by atoms with Crippen molar-refractivity contribution >= 4 is 23.5 Å². The van der Waals surface area contributed by atoms with Crippen LogP contribution in [0.2, 0.25) is 5.02 Å². The van der Waals surface area contributed by atoms with Crippen molar-refractivity contribution in [2.75, 3.05) is 6.61 Å². The van der Waals surface area contributed by atoms with Crippen LogP contribution in [0.25, 0.3) is 0 Å². The Morgan fingerprint density at radius 3 is 2.96 bits per heavy atom. The number of ether oxygens (including phenoxy) is 2. The standard InChI is InChI=1S/C21H18ClNO4/c1-13(24)26-12-21(2)10-16-5-3-4-14(8-18(16)20(25)27-21)15-6-7-17(11-23)19(22)9-15/h4-7,9,14H,8,10,12H2,1-2H3. The van der Waals surface area contributed by atoms with E-state index in [1.807, 2.05) is 18.2 Å². The summed E-state index contributed by atoms with van der Waals surface area (Å²) in [6, 6.07) is 7.28. The van der Waals surface area contributed by atoms with Crippen molar-refractivity contribution in [3.63, 3.8) is 0 Å². The molecule has 1 aliphatic heterocycles. The van der Waals surface area contributed by atoms with E-state index < -0.39 is 17.5 Å². The molecule has 2 aliphatic rings. The molecule has 0 spiro atoms. The second kappa shape index (κ2) is 7.44. The molecule has 2 unspecified atom stereocenters. The molecule has 0 N–H and O–H groups in total. The average molecular weight is 384 g/mol. The van der Waals surface area contributed by atoms with Crippen LogP contribution >= 0.6 is 11.6 Å². The third-order valence-electron chi connectivity index (χ3n) is 4.64. The summed E-state index contributed by atoms with van der Waals surface area (Å²) < 4.78 is 10.6. The fraction of sp³-hybridized carbons (Fsp3) is 0.333. The number of halogens is 1. The van der Waals surface area contributed by atoms with Gasteiger partial charge in [0.2, 0.25) is 0 Å². The highest BCUT2D eigenvalue weighted by molar-refractivity contribution is 6.31. The molecule has 27 heavy (non-hydrogen) atoms. The Labute approximate surface area is 162 Å². The number of nitrogens with zero attached hydrogens (tertiary/aromatic N) is 1. The molecule has 0 saturated carbocycles. The number of rotatable bonds is 3. The number of cyclic esters (lactones) is 1. The smallest absolute Gasteiger partial charge is 0.335 e. The molecule has 6 heteroatoms. The molecule has 1 aromatic rings. The quantitative estimate of drug-likeness (QED) is 0.583. The van der Waals surface area contributed by atoms with Crippen LogP contribution in [0.3, 0.4) is 0 Å². The summed E-state index contributed by atoms with van der Waals surface area (Å²) in [5.74, 6) is -0.936. The van der Waals surface area contributed by atoms with Gasteiger partial charge in [-0.2, -0.15) is 5.26 Å². The highest BCUT2D eigenvalue weighted by Gasteiger charge is 2.39. The molecular weight excluding hydrogens is 366 g/mol. The lowest BCUT2D eigenvalue weighted by Crippen LogP contribution is -2.41. The lowest BCUT2D eigenvalue weighted by atomic mass is 9.85. The maximum Gasteiger partial charge on any atom is 0.335 e. The van der Waals surface area contributed by atoms with Crippen LogP contribution in [0.1, 0.15) is 43.7 Å². The lowest BCUT2D eigenvalue weighted by molar-refractivity contribution is -0.168. The molecule has 3 rings (SSSR count). The first-order valence-corrected chi connectivity index (χ1v) is 8.90. The summed E-state index contributed by atoms with van der Waals surface area (Å²) >= 11 is 6.14. The SMILES string of the molecule is CC(=O)OCC1(C)CC2=C(CC(c3ccc(C#N)c(Cl)c3)C=C=C2)C(=O)O1. The summed E-state index contributed by atoms with van der Waals surface area (Å²) in [4.78, 5) is 23.7. The van der Waals surface area contributed by atoms with Crippen molar-refractivity contribution in [3.8, 4) is 6.07 Å². The van der Waals surface area contributed by atoms with Crippen LogP contribution in [-0.2, 0) is 19.1 Å². The second-order valence-electron chi connectivity index (χ2n) is 6.94. The van der Waals surface area contributed by atoms with Gasteiger partial charge < -0.3 is 9.47 Å². The van der Waals surface area contributed by atoms with Gasteiger partial charge in [-0.3, -0.25) is 4.79 Å². The molecule has 0 saturated heterocycles. The van der Waals surface area contributed by atoms with Gasteiger partial charge >= 0.3 is 11.9 Å². The number of allylic oxidation sites excluding steroid dienone is 1. The number of benzene rings is 1. The van der Waals surface area contributed by atoms with E-state index >= 15 is 0 Å². The van der Waals surface area contributed by atoms with Gasteiger partial charge in [-0.25, -0.2) is 4.79 Å². The molecule has 0 bridgehead atoms. The zero-order valence-electron chi connectivity index (χ0n) is 15.0. The van der Waals surface area contributed by atoms with Crippen molar-refractivity contribution in [3.05, 3.63) is 63.4 Å². The van der Waals surface area contributed by atoms with Gasteiger partial charge in [-0.15, -0.1) is 5.73 Å². The Kier molecular flexibility index (Phi) is 5.23. The molecule has 0 fully saturated rings. The van der Waals surface area contributed by atoms with Crippen LogP contribution in [0.5, 0.6) is 0 Å². The maximum atomic E-state index is 12.6. The Balaban J connectivity index is 1.87. The first-order valence-electron chi connectivity index (χ1n) is 8.52. The number of esters is 2. The lowest BCUT2D eigenvalue weighted by Gasteiger charge is -2.34. The Morgan fingerprint density at radius 1 is 1.52 bits per heavy atom. The largest absolute Gasteiger partial charge is 0.462 e. The zero-order chi connectivity index (χ0) is 19.6. The van der Waals surface area contributed by atoms with Crippen molar-refractivity contribution < 1.29 is 19.1 Å². The van der Waals surface area contributed by atoms with E-state index in [2.05, 4.69) is 5.73 Å². The first kappa shape index (κ1) is 19.0. The molecule has 0 aromatic heterocycles. The molecule has 5 nitrogen and oxygen atoms in total. The van der Waals surface area contributed by atoms with Gasteiger partial charge in [0.05, 0.1) is 10.6 Å². The zero-order valence-corrected chi connectivity index (χ0v) is 15.8. The normalized spacial score (nSPS) is 23.9. The highest BCUT2D eigenvalue weighted by Crippen LogP contribution is 2.38. The number of hydrogen-bond acceptors (Lipinski definition) is 5. The molecule has 1 heterocycles. The van der Waals surface area contributed by atoms with Crippen molar-refractivity contribution in [2.45, 2.75) is 38.2 Å². The predicted molar refractivity (Wildman–Crippen MR) is 99.0 cm³/mol. The highest BCUT2D eigenvalue weighted by atomic mass is 35.5. The van der Waals surface area contributed by atoms with Gasteiger partial charge in [0.15, 0.2) is 0 Å². The number of carbonyl (C=O) groups excluding carboxylic acids is 2. The summed E-state index contributed by atoms with van der Waals surface area (Å²) in [6.45, 7) is 3.08. The fourth-order valence-electron chi connectivity index (χ4n) is 3.26. The number of carbonyl (C=O) groups is 2. The van der Waals surface area contributed by atoms with Crippen LogP contribution in [0.15, 0.2) is 47.2 Å². The van der Waals surface area contributed by atoms with E-state index in [1.165, 1.54) is 6.92 Å². The first-order chi connectivity index (χ1) is 12.8. The maximum absolute atomic E-state index is 12.6. The monoisotopic (exact) mass is 383 g/mol. The van der Waals surface area contributed by atoms with Gasteiger partial charge in [-0.1, -0.05) is 17.7 Å². The average Bonchev–Trinajstić information content (AvgIpc) is 2.82. The minimum Gasteiger partial charge on any atom is -0.462 e. The summed E-state index contributed by atoms with van der Waals surface area (Å²) in [6.07, 6.45) is 4.56. The molecular formula is C21H18ClNO4. The molecule has 0 amide bonds. The number of nitriles is 1. The van der Waals surface area contributed by atoms with Crippen LogP contribution < -0.4 is 0 Å². The van der Waals surface area contributed by atoms with Crippen LogP contribution in [0.4, 0.5) is 0 Å². The topological polar surface area (TPSA) is 76.4 Å². The Bertz CT molecular complexity index is 949. The van der Waals surface area contributed by atoms with Crippen molar-refractivity contribution in [1.29, 1.82) is 5.26 Å². The Hall–Kier alpha value is -2.80. The molecule has 1 aliphatic carbocycles. The van der Waals surface area contributed by atoms with Crippen molar-refractivity contribution in [2.24, 2.45) is 0 Å². The van der Waals surface area contributed by atoms with E-state index in [-0.39, 0.29) is 12.5 Å². The summed E-state index contributed by atoms with van der Waals surface area (Å²) in [5.41, 5.74) is 4.97. The minimum absolute atomic E-state index is 0.0110. The summed E-state index contributed by atoms with van der Waals surface area (Å²) in [7, 11) is 0. The minimum atomic E-state index is -0.892.